The van der Waals surface area contributed by atoms with Gasteiger partial charge < -0.3 is 20.5 Å². The van der Waals surface area contributed by atoms with Crippen molar-refractivity contribution in [2.75, 3.05) is 33.2 Å². The Bertz CT molecular complexity index is 1430. The summed E-state index contributed by atoms with van der Waals surface area (Å²) in [7, 11) is 2.09. The Morgan fingerprint density at radius 2 is 1.91 bits per heavy atom. The van der Waals surface area contributed by atoms with Gasteiger partial charge in [-0.05, 0) is 35.7 Å². The zero-order valence-electron chi connectivity index (χ0n) is 19.8. The number of hydrogen-bond donors (Lipinski definition) is 2. The summed E-state index contributed by atoms with van der Waals surface area (Å²) in [6.45, 7) is 3.66. The standard InChI is InChI=1S/C28H29N5O2/c1-32-9-11-33(12-10-32)27(35)14-20-4-2-3-19(13-20)5-7-22-15-24-21(17-30-22)6-8-23-25(18-34)26(16-29)31-28(23)24/h2-8,13,15,17-18,30H,9-12,14,16,29H2,1H3/b7-5+. The molecule has 1 saturated heterocycles. The summed E-state index contributed by atoms with van der Waals surface area (Å²) in [5.41, 5.74) is 10.7. The van der Waals surface area contributed by atoms with Gasteiger partial charge in [0.15, 0.2) is 6.29 Å². The quantitative estimate of drug-likeness (QED) is 0.424. The Morgan fingerprint density at radius 3 is 2.69 bits per heavy atom. The smallest absolute Gasteiger partial charge is 0.227 e. The lowest BCUT2D eigenvalue weighted by molar-refractivity contribution is -0.132. The molecule has 0 aliphatic carbocycles. The first kappa shape index (κ1) is 23.0. The predicted molar refractivity (Wildman–Crippen MR) is 140 cm³/mol. The van der Waals surface area contributed by atoms with Crippen LogP contribution in [0.1, 0.15) is 32.9 Å². The lowest BCUT2D eigenvalue weighted by Gasteiger charge is -2.32. The Labute approximate surface area is 204 Å². The maximum absolute atomic E-state index is 12.7. The summed E-state index contributed by atoms with van der Waals surface area (Å²) in [5, 5.41) is 2.81. The van der Waals surface area contributed by atoms with Crippen LogP contribution in [-0.2, 0) is 17.8 Å². The molecule has 1 aliphatic rings. The number of likely N-dealkylation sites (N-methyl/N-ethyl adjacent to an activating group) is 1. The highest BCUT2D eigenvalue weighted by Crippen LogP contribution is 2.29. The van der Waals surface area contributed by atoms with E-state index in [4.69, 9.17) is 5.73 Å². The summed E-state index contributed by atoms with van der Waals surface area (Å²) in [5.74, 6) is 0.180. The fourth-order valence-electron chi connectivity index (χ4n) is 4.67. The second-order valence-corrected chi connectivity index (χ2v) is 9.09. The minimum atomic E-state index is 0.180. The number of carbonyl (C=O) groups excluding carboxylic acids is 2. The molecule has 35 heavy (non-hydrogen) atoms. The van der Waals surface area contributed by atoms with Crippen LogP contribution in [0, 0.1) is 0 Å². The number of nitrogens with one attached hydrogen (secondary N) is 1. The van der Waals surface area contributed by atoms with Crippen LogP contribution in [0.5, 0.6) is 0 Å². The number of H-pyrrole nitrogens is 1. The van der Waals surface area contributed by atoms with Gasteiger partial charge in [0.25, 0.3) is 0 Å². The highest BCUT2D eigenvalue weighted by molar-refractivity contribution is 6.11. The van der Waals surface area contributed by atoms with E-state index in [0.29, 0.717) is 17.7 Å². The van der Waals surface area contributed by atoms with Gasteiger partial charge in [-0.1, -0.05) is 42.5 Å². The van der Waals surface area contributed by atoms with Crippen LogP contribution < -0.4 is 5.73 Å². The first-order valence-corrected chi connectivity index (χ1v) is 11.9. The second-order valence-electron chi connectivity index (χ2n) is 9.09. The van der Waals surface area contributed by atoms with Gasteiger partial charge in [-0.2, -0.15) is 0 Å². The summed E-state index contributed by atoms with van der Waals surface area (Å²) in [4.78, 5) is 36.5. The molecule has 0 bridgehead atoms. The van der Waals surface area contributed by atoms with Gasteiger partial charge in [0.1, 0.15) is 0 Å². The third kappa shape index (κ3) is 4.73. The number of rotatable bonds is 6. The third-order valence-corrected chi connectivity index (χ3v) is 6.72. The topological polar surface area (TPSA) is 95.3 Å². The number of aromatic nitrogens is 2. The van der Waals surface area contributed by atoms with Gasteiger partial charge in [0, 0.05) is 61.0 Å². The molecule has 0 unspecified atom stereocenters. The summed E-state index contributed by atoms with van der Waals surface area (Å²) in [6, 6.07) is 14.0. The molecule has 1 fully saturated rings. The average molecular weight is 468 g/mol. The number of hydrogen-bond acceptors (Lipinski definition) is 5. The largest absolute Gasteiger partial charge is 0.361 e. The Balaban J connectivity index is 1.37. The summed E-state index contributed by atoms with van der Waals surface area (Å²) >= 11 is 0. The lowest BCUT2D eigenvalue weighted by Crippen LogP contribution is -2.47. The molecule has 3 N–H and O–H groups in total. The van der Waals surface area contributed by atoms with Gasteiger partial charge in [0.2, 0.25) is 5.91 Å². The van der Waals surface area contributed by atoms with Gasteiger partial charge >= 0.3 is 0 Å². The molecule has 4 aromatic rings. The fraction of sp³-hybridized carbons (Fsp3) is 0.250. The Morgan fingerprint density at radius 1 is 1.09 bits per heavy atom. The van der Waals surface area contributed by atoms with Gasteiger partial charge in [-0.25, -0.2) is 0 Å². The van der Waals surface area contributed by atoms with Gasteiger partial charge in [0.05, 0.1) is 17.6 Å². The van der Waals surface area contributed by atoms with E-state index in [1.807, 2.05) is 59.6 Å². The zero-order chi connectivity index (χ0) is 24.4. The van der Waals surface area contributed by atoms with Crippen LogP contribution in [0.15, 0.2) is 48.7 Å². The lowest BCUT2D eigenvalue weighted by atomic mass is 10.0. The van der Waals surface area contributed by atoms with Crippen molar-refractivity contribution in [1.82, 2.24) is 19.8 Å². The first-order valence-electron chi connectivity index (χ1n) is 11.9. The Hall–Kier alpha value is -3.81. The molecule has 7 nitrogen and oxygen atoms in total. The average Bonchev–Trinajstić information content (AvgIpc) is 3.26. The van der Waals surface area contributed by atoms with Crippen LogP contribution in [-0.4, -0.2) is 65.2 Å². The number of piperazine rings is 1. The van der Waals surface area contributed by atoms with Crippen molar-refractivity contribution in [3.8, 4) is 0 Å². The van der Waals surface area contributed by atoms with Crippen molar-refractivity contribution in [1.29, 1.82) is 0 Å². The number of nitrogens with two attached hydrogens (primary N) is 1. The minimum Gasteiger partial charge on any atom is -0.361 e. The monoisotopic (exact) mass is 467 g/mol. The van der Waals surface area contributed by atoms with Crippen molar-refractivity contribution < 1.29 is 9.59 Å². The van der Waals surface area contributed by atoms with E-state index in [9.17, 15) is 9.59 Å². The van der Waals surface area contributed by atoms with Crippen LogP contribution in [0.4, 0.5) is 0 Å². The van der Waals surface area contributed by atoms with E-state index in [1.54, 1.807) is 0 Å². The SMILES string of the molecule is CN1CCN(C(=O)Cc2cccc(/C=C/c3cc4c(ccc5c(C=O)c(CN)nc54)c[nH]3)c2)CC1. The molecule has 1 amide bonds. The number of nitrogens with zero attached hydrogens (tertiary/aromatic N) is 3. The van der Waals surface area contributed by atoms with Crippen LogP contribution >= 0.6 is 0 Å². The normalized spacial score (nSPS) is 14.9. The second kappa shape index (κ2) is 9.82. The van der Waals surface area contributed by atoms with E-state index in [2.05, 4.69) is 28.0 Å². The number of aromatic amines is 1. The number of aldehydes is 1. The van der Waals surface area contributed by atoms with E-state index in [0.717, 1.165) is 71.0 Å². The van der Waals surface area contributed by atoms with E-state index >= 15 is 0 Å². The molecule has 5 rings (SSSR count). The first-order chi connectivity index (χ1) is 17.1. The molecule has 178 valence electrons. The maximum atomic E-state index is 12.7. The minimum absolute atomic E-state index is 0.180. The van der Waals surface area contributed by atoms with Gasteiger partial charge in [-0.3, -0.25) is 14.6 Å². The van der Waals surface area contributed by atoms with Crippen molar-refractivity contribution >= 4 is 46.0 Å². The molecular formula is C28H29N5O2. The van der Waals surface area contributed by atoms with Crippen LogP contribution in [0.2, 0.25) is 0 Å². The number of fused-ring (bicyclic) bond motifs is 3. The molecule has 1 aliphatic heterocycles. The highest BCUT2D eigenvalue weighted by Gasteiger charge is 2.19. The van der Waals surface area contributed by atoms with Crippen molar-refractivity contribution in [3.63, 3.8) is 0 Å². The molecule has 2 aromatic heterocycles. The molecule has 0 spiro atoms. The molecule has 0 radical (unpaired) electrons. The van der Waals surface area contributed by atoms with E-state index < -0.39 is 0 Å². The summed E-state index contributed by atoms with van der Waals surface area (Å²) in [6.07, 6.45) is 7.23. The molecule has 0 saturated carbocycles. The summed E-state index contributed by atoms with van der Waals surface area (Å²) < 4.78 is 0. The third-order valence-electron chi connectivity index (χ3n) is 6.72. The number of carbonyl (C=O) groups is 2. The van der Waals surface area contributed by atoms with E-state index in [1.165, 1.54) is 0 Å². The molecule has 3 heterocycles. The van der Waals surface area contributed by atoms with Crippen molar-refractivity contribution in [2.45, 2.75) is 13.0 Å². The molecule has 7 heteroatoms. The molecule has 2 aromatic carbocycles. The van der Waals surface area contributed by atoms with E-state index in [-0.39, 0.29) is 12.5 Å². The maximum Gasteiger partial charge on any atom is 0.227 e. The van der Waals surface area contributed by atoms with Crippen LogP contribution in [0.25, 0.3) is 33.8 Å². The Kier molecular flexibility index (Phi) is 6.44. The predicted octanol–water partition coefficient (Wildman–Crippen LogP) is 3.47. The van der Waals surface area contributed by atoms with Gasteiger partial charge in [-0.15, -0.1) is 0 Å². The molecule has 0 atom stereocenters. The zero-order valence-corrected chi connectivity index (χ0v) is 19.8. The fourth-order valence-corrected chi connectivity index (χ4v) is 4.67. The molecular weight excluding hydrogens is 438 g/mol. The van der Waals surface area contributed by atoms with Crippen molar-refractivity contribution in [3.05, 3.63) is 76.7 Å². The van der Waals surface area contributed by atoms with Crippen LogP contribution in [0.3, 0.4) is 0 Å². The highest BCUT2D eigenvalue weighted by atomic mass is 16.2. The number of pyridine rings is 1. The van der Waals surface area contributed by atoms with Crippen molar-refractivity contribution in [2.24, 2.45) is 5.73 Å². The number of amides is 1. The number of benzene rings is 2.